The molecule has 1 unspecified atom stereocenters. The Morgan fingerprint density at radius 3 is 2.72 bits per heavy atom. The van der Waals surface area contributed by atoms with Gasteiger partial charge < -0.3 is 15.3 Å². The highest BCUT2D eigenvalue weighted by molar-refractivity contribution is 5.76. The summed E-state index contributed by atoms with van der Waals surface area (Å²) in [5.41, 5.74) is 0.0496. The number of amides is 1. The van der Waals surface area contributed by atoms with Crippen molar-refractivity contribution < 1.29 is 19.1 Å². The average Bonchev–Trinajstić information content (AvgIpc) is 2.60. The minimum atomic E-state index is -0.794. The van der Waals surface area contributed by atoms with Crippen LogP contribution in [0.5, 0.6) is 0 Å². The first-order valence-corrected chi connectivity index (χ1v) is 8.53. The molecule has 0 saturated carbocycles. The minimum Gasteiger partial charge on any atom is -0.481 e. The number of rotatable bonds is 8. The lowest BCUT2D eigenvalue weighted by molar-refractivity contribution is -0.152. The maximum atomic E-state index is 12.8. The number of halogens is 1. The van der Waals surface area contributed by atoms with Crippen molar-refractivity contribution in [2.75, 3.05) is 19.6 Å². The molecule has 0 aromatic heterocycles. The molecule has 25 heavy (non-hydrogen) atoms. The zero-order chi connectivity index (χ0) is 18.3. The van der Waals surface area contributed by atoms with E-state index in [4.69, 9.17) is 0 Å². The molecule has 0 aliphatic carbocycles. The van der Waals surface area contributed by atoms with Crippen LogP contribution in [0.2, 0.25) is 0 Å². The Labute approximate surface area is 147 Å². The lowest BCUT2D eigenvalue weighted by atomic mass is 9.77. The molecule has 6 heteroatoms. The van der Waals surface area contributed by atoms with Gasteiger partial charge in [-0.1, -0.05) is 18.2 Å². The predicted molar refractivity (Wildman–Crippen MR) is 93.4 cm³/mol. The predicted octanol–water partition coefficient (Wildman–Crippen LogP) is 2.57. The van der Waals surface area contributed by atoms with Crippen LogP contribution in [0.15, 0.2) is 36.9 Å². The second-order valence-electron chi connectivity index (χ2n) is 6.61. The molecule has 1 heterocycles. The molecule has 1 aromatic rings. The van der Waals surface area contributed by atoms with Crippen LogP contribution in [-0.2, 0) is 16.1 Å². The van der Waals surface area contributed by atoms with E-state index in [1.807, 2.05) is 4.90 Å². The molecule has 1 saturated heterocycles. The van der Waals surface area contributed by atoms with Crippen LogP contribution in [-0.4, -0.2) is 41.5 Å². The van der Waals surface area contributed by atoms with Crippen molar-refractivity contribution in [3.63, 3.8) is 0 Å². The molecular weight excluding hydrogens is 323 g/mol. The van der Waals surface area contributed by atoms with Gasteiger partial charge in [0.15, 0.2) is 0 Å². The average molecular weight is 348 g/mol. The van der Waals surface area contributed by atoms with E-state index in [-0.39, 0.29) is 11.7 Å². The molecule has 0 bridgehead atoms. The quantitative estimate of drug-likeness (QED) is 0.709. The van der Waals surface area contributed by atoms with Crippen molar-refractivity contribution in [2.45, 2.75) is 32.2 Å². The Kier molecular flexibility index (Phi) is 6.70. The van der Waals surface area contributed by atoms with E-state index in [9.17, 15) is 19.1 Å². The van der Waals surface area contributed by atoms with Gasteiger partial charge in [-0.15, -0.1) is 6.58 Å². The molecule has 1 amide bonds. The van der Waals surface area contributed by atoms with Gasteiger partial charge in [-0.05, 0) is 43.5 Å². The molecule has 5 nitrogen and oxygen atoms in total. The molecule has 1 fully saturated rings. The van der Waals surface area contributed by atoms with Crippen LogP contribution >= 0.6 is 0 Å². The first-order chi connectivity index (χ1) is 11.9. The van der Waals surface area contributed by atoms with E-state index in [2.05, 4.69) is 11.9 Å². The Hall–Kier alpha value is -2.21. The molecule has 1 aliphatic heterocycles. The fourth-order valence-electron chi connectivity index (χ4n) is 3.27. The Morgan fingerprint density at radius 1 is 1.36 bits per heavy atom. The van der Waals surface area contributed by atoms with Crippen molar-refractivity contribution in [3.8, 4) is 0 Å². The summed E-state index contributed by atoms with van der Waals surface area (Å²) in [6.07, 6.45) is 3.85. The number of piperidine rings is 1. The van der Waals surface area contributed by atoms with Crippen molar-refractivity contribution >= 4 is 11.9 Å². The zero-order valence-electron chi connectivity index (χ0n) is 14.3. The van der Waals surface area contributed by atoms with Crippen molar-refractivity contribution in [1.82, 2.24) is 10.2 Å². The number of carbonyl (C=O) groups is 2. The number of allylic oxidation sites excluding steroid dienone is 1. The Bertz CT molecular complexity index is 618. The van der Waals surface area contributed by atoms with Crippen molar-refractivity contribution in [3.05, 3.63) is 48.3 Å². The molecule has 1 atom stereocenters. The second-order valence-corrected chi connectivity index (χ2v) is 6.61. The maximum Gasteiger partial charge on any atom is 0.311 e. The number of nitrogens with zero attached hydrogens (tertiary/aromatic N) is 1. The third-order valence-corrected chi connectivity index (χ3v) is 4.70. The van der Waals surface area contributed by atoms with Gasteiger partial charge in [0.1, 0.15) is 5.82 Å². The molecular formula is C19H25FN2O3. The molecule has 1 aromatic carbocycles. The molecule has 0 spiro atoms. The van der Waals surface area contributed by atoms with E-state index in [1.165, 1.54) is 12.1 Å². The second kappa shape index (κ2) is 8.76. The standard InChI is InChI=1S/C19H25FN2O3/c1-2-9-19(18(24)25)10-3-11-22(14-19)12-8-17(23)21-13-15-4-6-16(20)7-5-15/h2,4-7H,1,3,8-14H2,(H,21,23)(H,24,25). The van der Waals surface area contributed by atoms with E-state index < -0.39 is 11.4 Å². The first-order valence-electron chi connectivity index (χ1n) is 8.53. The summed E-state index contributed by atoms with van der Waals surface area (Å²) in [6.45, 7) is 5.80. The van der Waals surface area contributed by atoms with Gasteiger partial charge in [-0.25, -0.2) is 4.39 Å². The number of benzene rings is 1. The smallest absolute Gasteiger partial charge is 0.311 e. The lowest BCUT2D eigenvalue weighted by Crippen LogP contribution is -2.48. The van der Waals surface area contributed by atoms with Gasteiger partial charge in [0.05, 0.1) is 5.41 Å². The topological polar surface area (TPSA) is 69.6 Å². The van der Waals surface area contributed by atoms with Gasteiger partial charge in [-0.2, -0.15) is 0 Å². The van der Waals surface area contributed by atoms with Crippen LogP contribution in [0.4, 0.5) is 4.39 Å². The SMILES string of the molecule is C=CCC1(C(=O)O)CCCN(CCC(=O)NCc2ccc(F)cc2)C1. The van der Waals surface area contributed by atoms with Crippen molar-refractivity contribution in [2.24, 2.45) is 5.41 Å². The van der Waals surface area contributed by atoms with Gasteiger partial charge >= 0.3 is 5.97 Å². The third kappa shape index (κ3) is 5.39. The van der Waals surface area contributed by atoms with Gasteiger partial charge in [-0.3, -0.25) is 9.59 Å². The molecule has 0 radical (unpaired) electrons. The largest absolute Gasteiger partial charge is 0.481 e. The summed E-state index contributed by atoms with van der Waals surface area (Å²) in [5.74, 6) is -1.20. The summed E-state index contributed by atoms with van der Waals surface area (Å²) in [7, 11) is 0. The number of carbonyl (C=O) groups excluding carboxylic acids is 1. The van der Waals surface area contributed by atoms with Gasteiger partial charge in [0, 0.05) is 26.1 Å². The first kappa shape index (κ1) is 19.1. The fraction of sp³-hybridized carbons (Fsp3) is 0.474. The molecule has 2 rings (SSSR count). The number of hydrogen-bond acceptors (Lipinski definition) is 3. The highest BCUT2D eigenvalue weighted by atomic mass is 19.1. The Morgan fingerprint density at radius 2 is 2.08 bits per heavy atom. The maximum absolute atomic E-state index is 12.8. The monoisotopic (exact) mass is 348 g/mol. The van der Waals surface area contributed by atoms with Gasteiger partial charge in [0.2, 0.25) is 5.91 Å². The number of aliphatic carboxylic acids is 1. The van der Waals surface area contributed by atoms with E-state index in [0.717, 1.165) is 18.5 Å². The molecule has 136 valence electrons. The van der Waals surface area contributed by atoms with Crippen LogP contribution < -0.4 is 5.32 Å². The third-order valence-electron chi connectivity index (χ3n) is 4.70. The number of nitrogens with one attached hydrogen (secondary N) is 1. The number of carboxylic acid groups (broad SMARTS) is 1. The summed E-state index contributed by atoms with van der Waals surface area (Å²) in [6, 6.07) is 5.99. The van der Waals surface area contributed by atoms with Crippen LogP contribution in [0, 0.1) is 11.2 Å². The highest BCUT2D eigenvalue weighted by Gasteiger charge is 2.41. The number of hydrogen-bond donors (Lipinski definition) is 2. The van der Waals surface area contributed by atoms with E-state index in [1.54, 1.807) is 18.2 Å². The van der Waals surface area contributed by atoms with Gasteiger partial charge in [0.25, 0.3) is 0 Å². The van der Waals surface area contributed by atoms with Crippen LogP contribution in [0.3, 0.4) is 0 Å². The van der Waals surface area contributed by atoms with Crippen LogP contribution in [0.25, 0.3) is 0 Å². The number of likely N-dealkylation sites (tertiary alicyclic amines) is 1. The highest BCUT2D eigenvalue weighted by Crippen LogP contribution is 2.34. The molecule has 1 aliphatic rings. The van der Waals surface area contributed by atoms with E-state index >= 15 is 0 Å². The summed E-state index contributed by atoms with van der Waals surface area (Å²) < 4.78 is 12.8. The summed E-state index contributed by atoms with van der Waals surface area (Å²) in [4.78, 5) is 25.7. The number of carboxylic acids is 1. The molecule has 2 N–H and O–H groups in total. The van der Waals surface area contributed by atoms with Crippen LogP contribution in [0.1, 0.15) is 31.2 Å². The Balaban J connectivity index is 1.79. The summed E-state index contributed by atoms with van der Waals surface area (Å²) >= 11 is 0. The zero-order valence-corrected chi connectivity index (χ0v) is 14.3. The van der Waals surface area contributed by atoms with Crippen molar-refractivity contribution in [1.29, 1.82) is 0 Å². The fourth-order valence-corrected chi connectivity index (χ4v) is 3.27. The normalized spacial score (nSPS) is 20.8. The summed E-state index contributed by atoms with van der Waals surface area (Å²) in [5, 5.41) is 12.4. The minimum absolute atomic E-state index is 0.0976. The van der Waals surface area contributed by atoms with E-state index in [0.29, 0.717) is 38.9 Å². The lowest BCUT2D eigenvalue weighted by Gasteiger charge is -2.39.